The molecule has 0 aromatic carbocycles. The summed E-state index contributed by atoms with van der Waals surface area (Å²) in [7, 11) is 0. The van der Waals surface area contributed by atoms with Crippen LogP contribution < -0.4 is 5.32 Å². The average molecular weight is 421 g/mol. The van der Waals surface area contributed by atoms with Gasteiger partial charge in [-0.3, -0.25) is 9.89 Å². The SMILES string of the molecule is O=C(O)[C@H]1C2CCC(CC2)[C@@H]1Nc1nc(-c2[nH]nc3ncccc23)nn2ccc(F)c12. The van der Waals surface area contributed by atoms with Gasteiger partial charge in [0.2, 0.25) is 5.82 Å². The van der Waals surface area contributed by atoms with Gasteiger partial charge in [-0.2, -0.15) is 5.10 Å². The molecule has 7 rings (SSSR count). The molecular formula is C21H20FN7O2. The summed E-state index contributed by atoms with van der Waals surface area (Å²) < 4.78 is 16.1. The van der Waals surface area contributed by atoms with Gasteiger partial charge in [0.1, 0.15) is 11.2 Å². The van der Waals surface area contributed by atoms with Crippen molar-refractivity contribution >= 4 is 28.3 Å². The number of halogens is 1. The smallest absolute Gasteiger partial charge is 0.308 e. The van der Waals surface area contributed by atoms with Crippen LogP contribution in [0.4, 0.5) is 10.2 Å². The Balaban J connectivity index is 1.48. The van der Waals surface area contributed by atoms with Gasteiger partial charge in [-0.25, -0.2) is 18.9 Å². The van der Waals surface area contributed by atoms with Crippen LogP contribution in [0.15, 0.2) is 30.6 Å². The second-order valence-electron chi connectivity index (χ2n) is 8.42. The molecule has 4 heterocycles. The molecule has 0 unspecified atom stereocenters. The number of H-pyrrole nitrogens is 1. The Hall–Kier alpha value is -3.56. The molecular weight excluding hydrogens is 401 g/mol. The summed E-state index contributed by atoms with van der Waals surface area (Å²) in [5, 5.41) is 25.5. The Morgan fingerprint density at radius 1 is 1.23 bits per heavy atom. The standard InChI is InChI=1S/C21H20FN7O2/c22-13-7-9-29-17(13)20(24-15-11-5-3-10(4-6-11)14(15)21(30)31)25-19(28-29)16-12-2-1-8-23-18(12)27-26-16/h1-2,7-11,14-15H,3-6H2,(H,30,31)(H,23,26,27)(H,24,25,28)/t10?,11?,14-,15-/m0/s1. The molecule has 2 atom stereocenters. The number of fused-ring (bicyclic) bond motifs is 5. The summed E-state index contributed by atoms with van der Waals surface area (Å²) in [6.07, 6.45) is 6.98. The molecule has 9 nitrogen and oxygen atoms in total. The number of nitrogens with zero attached hydrogens (tertiary/aromatic N) is 5. The zero-order valence-electron chi connectivity index (χ0n) is 16.5. The van der Waals surface area contributed by atoms with Gasteiger partial charge in [-0.15, -0.1) is 5.10 Å². The Labute approximate surface area is 175 Å². The van der Waals surface area contributed by atoms with Crippen molar-refractivity contribution in [2.45, 2.75) is 31.7 Å². The monoisotopic (exact) mass is 421 g/mol. The first-order chi connectivity index (χ1) is 15.1. The minimum absolute atomic E-state index is 0.136. The van der Waals surface area contributed by atoms with E-state index in [0.29, 0.717) is 23.0 Å². The van der Waals surface area contributed by atoms with E-state index in [1.165, 1.54) is 16.8 Å². The maximum Gasteiger partial charge on any atom is 0.308 e. The molecule has 0 spiro atoms. The number of aromatic amines is 1. The molecule has 31 heavy (non-hydrogen) atoms. The van der Waals surface area contributed by atoms with Crippen LogP contribution in [0, 0.1) is 23.6 Å². The number of hydrogen-bond acceptors (Lipinski definition) is 6. The molecule has 4 aromatic rings. The van der Waals surface area contributed by atoms with Gasteiger partial charge in [0.05, 0.1) is 11.3 Å². The number of anilines is 1. The Bertz CT molecular complexity index is 1310. The van der Waals surface area contributed by atoms with Crippen molar-refractivity contribution in [1.29, 1.82) is 0 Å². The lowest BCUT2D eigenvalue weighted by Crippen LogP contribution is -2.51. The summed E-state index contributed by atoms with van der Waals surface area (Å²) in [5.74, 6) is -0.800. The largest absolute Gasteiger partial charge is 0.481 e. The van der Waals surface area contributed by atoms with Crippen LogP contribution in [0.2, 0.25) is 0 Å². The molecule has 3 aliphatic carbocycles. The Morgan fingerprint density at radius 3 is 2.84 bits per heavy atom. The number of aromatic nitrogens is 6. The maximum atomic E-state index is 14.6. The number of hydrogen-bond donors (Lipinski definition) is 3. The van der Waals surface area contributed by atoms with Crippen molar-refractivity contribution in [2.24, 2.45) is 17.8 Å². The lowest BCUT2D eigenvalue weighted by atomic mass is 9.61. The average Bonchev–Trinajstić information content (AvgIpc) is 3.38. The van der Waals surface area contributed by atoms with E-state index in [1.54, 1.807) is 12.3 Å². The van der Waals surface area contributed by atoms with Crippen molar-refractivity contribution in [3.63, 3.8) is 0 Å². The first-order valence-corrected chi connectivity index (χ1v) is 10.4. The fourth-order valence-corrected chi connectivity index (χ4v) is 5.38. The predicted molar refractivity (Wildman–Crippen MR) is 110 cm³/mol. The van der Waals surface area contributed by atoms with Gasteiger partial charge in [-0.1, -0.05) is 0 Å². The van der Waals surface area contributed by atoms with Gasteiger partial charge in [0.25, 0.3) is 0 Å². The molecule has 158 valence electrons. The molecule has 0 radical (unpaired) electrons. The summed E-state index contributed by atoms with van der Waals surface area (Å²) in [5.41, 5.74) is 1.31. The van der Waals surface area contributed by atoms with Crippen LogP contribution in [-0.4, -0.2) is 46.9 Å². The number of carbonyl (C=O) groups is 1. The number of nitrogens with one attached hydrogen (secondary N) is 2. The fourth-order valence-electron chi connectivity index (χ4n) is 5.38. The zero-order chi connectivity index (χ0) is 21.1. The molecule has 2 bridgehead atoms. The van der Waals surface area contributed by atoms with Gasteiger partial charge in [0, 0.05) is 18.4 Å². The van der Waals surface area contributed by atoms with E-state index in [-0.39, 0.29) is 23.4 Å². The van der Waals surface area contributed by atoms with Crippen LogP contribution in [0.5, 0.6) is 0 Å². The van der Waals surface area contributed by atoms with Crippen LogP contribution in [0.3, 0.4) is 0 Å². The molecule has 0 saturated heterocycles. The minimum Gasteiger partial charge on any atom is -0.481 e. The number of aliphatic carboxylic acids is 1. The van der Waals surface area contributed by atoms with Crippen molar-refractivity contribution in [2.75, 3.05) is 5.32 Å². The first-order valence-electron chi connectivity index (χ1n) is 10.4. The molecule has 0 amide bonds. The molecule has 3 N–H and O–H groups in total. The van der Waals surface area contributed by atoms with E-state index in [4.69, 9.17) is 0 Å². The van der Waals surface area contributed by atoms with E-state index in [9.17, 15) is 14.3 Å². The predicted octanol–water partition coefficient (Wildman–Crippen LogP) is 3.11. The van der Waals surface area contributed by atoms with Crippen LogP contribution >= 0.6 is 0 Å². The van der Waals surface area contributed by atoms with E-state index >= 15 is 0 Å². The molecule has 3 fully saturated rings. The van der Waals surface area contributed by atoms with E-state index < -0.39 is 17.7 Å². The topological polar surface area (TPSA) is 121 Å². The van der Waals surface area contributed by atoms with Crippen LogP contribution in [-0.2, 0) is 4.79 Å². The number of carboxylic acids is 1. The van der Waals surface area contributed by atoms with Crippen LogP contribution in [0.1, 0.15) is 25.7 Å². The lowest BCUT2D eigenvalue weighted by Gasteiger charge is -2.47. The van der Waals surface area contributed by atoms with E-state index in [2.05, 4.69) is 30.6 Å². The third-order valence-electron chi connectivity index (χ3n) is 6.82. The molecule has 10 heteroatoms. The van der Waals surface area contributed by atoms with Gasteiger partial charge < -0.3 is 10.4 Å². The fraction of sp³-hybridized carbons (Fsp3) is 0.381. The molecule has 0 aliphatic heterocycles. The highest BCUT2D eigenvalue weighted by molar-refractivity contribution is 5.89. The summed E-state index contributed by atoms with van der Waals surface area (Å²) >= 11 is 0. The quantitative estimate of drug-likeness (QED) is 0.463. The van der Waals surface area contributed by atoms with Crippen molar-refractivity contribution < 1.29 is 14.3 Å². The van der Waals surface area contributed by atoms with Crippen molar-refractivity contribution in [1.82, 2.24) is 29.8 Å². The minimum atomic E-state index is -0.807. The van der Waals surface area contributed by atoms with E-state index in [1.807, 2.05) is 6.07 Å². The Morgan fingerprint density at radius 2 is 2.03 bits per heavy atom. The maximum absolute atomic E-state index is 14.6. The zero-order valence-corrected chi connectivity index (χ0v) is 16.5. The second kappa shape index (κ2) is 6.73. The van der Waals surface area contributed by atoms with E-state index in [0.717, 1.165) is 31.1 Å². The van der Waals surface area contributed by atoms with Crippen molar-refractivity contribution in [3.8, 4) is 11.5 Å². The number of pyridine rings is 1. The Kier molecular flexibility index (Phi) is 3.95. The van der Waals surface area contributed by atoms with Gasteiger partial charge in [0.15, 0.2) is 17.3 Å². The third-order valence-corrected chi connectivity index (χ3v) is 6.82. The summed E-state index contributed by atoms with van der Waals surface area (Å²) in [6.45, 7) is 0. The molecule has 3 aliphatic rings. The number of carboxylic acid groups (broad SMARTS) is 1. The molecule has 3 saturated carbocycles. The summed E-state index contributed by atoms with van der Waals surface area (Å²) in [4.78, 5) is 20.9. The van der Waals surface area contributed by atoms with Crippen molar-refractivity contribution in [3.05, 3.63) is 36.4 Å². The highest BCUT2D eigenvalue weighted by atomic mass is 19.1. The van der Waals surface area contributed by atoms with Gasteiger partial charge >= 0.3 is 5.97 Å². The summed E-state index contributed by atoms with van der Waals surface area (Å²) in [6, 6.07) is 4.68. The number of rotatable bonds is 4. The highest BCUT2D eigenvalue weighted by Crippen LogP contribution is 2.46. The normalized spacial score (nSPS) is 25.3. The first kappa shape index (κ1) is 18.2. The van der Waals surface area contributed by atoms with Gasteiger partial charge in [-0.05, 0) is 55.7 Å². The van der Waals surface area contributed by atoms with Crippen LogP contribution in [0.25, 0.3) is 28.1 Å². The second-order valence-corrected chi connectivity index (χ2v) is 8.42. The lowest BCUT2D eigenvalue weighted by molar-refractivity contribution is -0.148. The molecule has 4 aromatic heterocycles. The third kappa shape index (κ3) is 2.77. The highest BCUT2D eigenvalue weighted by Gasteiger charge is 2.47.